The Hall–Kier alpha value is -3.46. The zero-order valence-corrected chi connectivity index (χ0v) is 15.9. The van der Waals surface area contributed by atoms with E-state index >= 15 is 0 Å². The molecule has 1 N–H and O–H groups in total. The van der Waals surface area contributed by atoms with Crippen molar-refractivity contribution in [3.8, 4) is 11.6 Å². The minimum absolute atomic E-state index is 0.251. The largest absolute Gasteiger partial charge is 0.497 e. The number of methoxy groups -OCH3 is 2. The zero-order valence-electron chi connectivity index (χ0n) is 15.1. The fourth-order valence-corrected chi connectivity index (χ4v) is 3.71. The number of aromatic nitrogens is 3. The molecule has 0 aliphatic heterocycles. The second-order valence-corrected chi connectivity index (χ2v) is 6.95. The SMILES string of the molecule is COc1ccc2sc(NC(=O)Cn3nc(OC)c4ccccc4c3=O)nc2c1. The zero-order chi connectivity index (χ0) is 19.7. The van der Waals surface area contributed by atoms with E-state index < -0.39 is 5.91 Å². The predicted molar refractivity (Wildman–Crippen MR) is 107 cm³/mol. The van der Waals surface area contributed by atoms with Crippen molar-refractivity contribution >= 4 is 43.4 Å². The lowest BCUT2D eigenvalue weighted by atomic mass is 10.2. The Balaban J connectivity index is 1.60. The van der Waals surface area contributed by atoms with Gasteiger partial charge in [-0.3, -0.25) is 9.59 Å². The van der Waals surface area contributed by atoms with Gasteiger partial charge in [-0.05, 0) is 24.3 Å². The van der Waals surface area contributed by atoms with Crippen LogP contribution in [0, 0.1) is 0 Å². The number of ether oxygens (including phenoxy) is 2. The van der Waals surface area contributed by atoms with Gasteiger partial charge in [-0.15, -0.1) is 5.10 Å². The molecular weight excluding hydrogens is 380 g/mol. The van der Waals surface area contributed by atoms with E-state index in [1.54, 1.807) is 37.4 Å². The van der Waals surface area contributed by atoms with Gasteiger partial charge in [0.05, 0.1) is 35.2 Å². The molecule has 0 aliphatic carbocycles. The summed E-state index contributed by atoms with van der Waals surface area (Å²) in [5.41, 5.74) is 0.364. The second kappa shape index (κ2) is 7.28. The summed E-state index contributed by atoms with van der Waals surface area (Å²) in [6, 6.07) is 12.5. The van der Waals surface area contributed by atoms with Crippen LogP contribution >= 0.6 is 11.3 Å². The molecule has 4 aromatic rings. The van der Waals surface area contributed by atoms with Gasteiger partial charge in [0.2, 0.25) is 11.8 Å². The van der Waals surface area contributed by atoms with Crippen LogP contribution in [0.2, 0.25) is 0 Å². The number of carbonyl (C=O) groups is 1. The van der Waals surface area contributed by atoms with E-state index in [0.29, 0.717) is 21.7 Å². The Bertz CT molecular complexity index is 1250. The van der Waals surface area contributed by atoms with Gasteiger partial charge in [0.15, 0.2) is 5.13 Å². The maximum atomic E-state index is 12.6. The second-order valence-electron chi connectivity index (χ2n) is 5.92. The highest BCUT2D eigenvalue weighted by Crippen LogP contribution is 2.28. The average molecular weight is 396 g/mol. The summed E-state index contributed by atoms with van der Waals surface area (Å²) in [6.45, 7) is -0.251. The van der Waals surface area contributed by atoms with Crippen molar-refractivity contribution in [2.24, 2.45) is 0 Å². The summed E-state index contributed by atoms with van der Waals surface area (Å²) >= 11 is 1.34. The number of hydrogen-bond donors (Lipinski definition) is 1. The number of carbonyl (C=O) groups excluding carboxylic acids is 1. The number of nitrogens with zero attached hydrogens (tertiary/aromatic N) is 3. The summed E-state index contributed by atoms with van der Waals surface area (Å²) in [7, 11) is 3.05. The van der Waals surface area contributed by atoms with Crippen molar-refractivity contribution in [3.05, 3.63) is 52.8 Å². The number of fused-ring (bicyclic) bond motifs is 2. The van der Waals surface area contributed by atoms with Crippen molar-refractivity contribution in [1.29, 1.82) is 0 Å². The highest BCUT2D eigenvalue weighted by molar-refractivity contribution is 7.22. The van der Waals surface area contributed by atoms with Crippen molar-refractivity contribution in [2.45, 2.75) is 6.54 Å². The molecule has 4 rings (SSSR count). The summed E-state index contributed by atoms with van der Waals surface area (Å²) in [5.74, 6) is 0.572. The third-order valence-electron chi connectivity index (χ3n) is 4.16. The van der Waals surface area contributed by atoms with Crippen LogP contribution in [0.25, 0.3) is 21.0 Å². The monoisotopic (exact) mass is 396 g/mol. The van der Waals surface area contributed by atoms with Gasteiger partial charge in [0, 0.05) is 6.07 Å². The molecule has 1 amide bonds. The highest BCUT2D eigenvalue weighted by atomic mass is 32.1. The van der Waals surface area contributed by atoms with Crippen molar-refractivity contribution in [3.63, 3.8) is 0 Å². The molecular formula is C19H16N4O4S. The number of nitrogens with one attached hydrogen (secondary N) is 1. The van der Waals surface area contributed by atoms with Crippen molar-refractivity contribution in [2.75, 3.05) is 19.5 Å². The van der Waals surface area contributed by atoms with Crippen LogP contribution in [0.4, 0.5) is 5.13 Å². The van der Waals surface area contributed by atoms with Gasteiger partial charge in [-0.1, -0.05) is 23.5 Å². The normalized spacial score (nSPS) is 10.9. The Kier molecular flexibility index (Phi) is 4.66. The number of benzene rings is 2. The highest BCUT2D eigenvalue weighted by Gasteiger charge is 2.14. The molecule has 0 bridgehead atoms. The molecule has 142 valence electrons. The molecule has 9 heteroatoms. The Morgan fingerprint density at radius 1 is 1.14 bits per heavy atom. The van der Waals surface area contributed by atoms with Gasteiger partial charge >= 0.3 is 0 Å². The van der Waals surface area contributed by atoms with Crippen LogP contribution < -0.4 is 20.3 Å². The van der Waals surface area contributed by atoms with Crippen molar-refractivity contribution < 1.29 is 14.3 Å². The van der Waals surface area contributed by atoms with Crippen LogP contribution in [0.15, 0.2) is 47.3 Å². The molecule has 0 aliphatic rings. The van der Waals surface area contributed by atoms with Gasteiger partial charge in [0.25, 0.3) is 5.56 Å². The van der Waals surface area contributed by atoms with E-state index in [1.165, 1.54) is 18.4 Å². The fraction of sp³-hybridized carbons (Fsp3) is 0.158. The van der Waals surface area contributed by atoms with E-state index in [2.05, 4.69) is 15.4 Å². The lowest BCUT2D eigenvalue weighted by molar-refractivity contribution is -0.117. The standard InChI is InChI=1S/C19H16N4O4S/c1-26-11-7-8-15-14(9-11)20-19(28-15)21-16(24)10-23-18(25)13-6-4-3-5-12(13)17(22-23)27-2/h3-9H,10H2,1-2H3,(H,20,21,24). The van der Waals surface area contributed by atoms with Crippen molar-refractivity contribution in [1.82, 2.24) is 14.8 Å². The molecule has 0 unspecified atom stereocenters. The molecule has 2 aromatic carbocycles. The molecule has 2 aromatic heterocycles. The molecule has 0 fully saturated rings. The van der Waals surface area contributed by atoms with Crippen LogP contribution in [-0.2, 0) is 11.3 Å². The number of amides is 1. The molecule has 2 heterocycles. The van der Waals surface area contributed by atoms with Crippen LogP contribution in [-0.4, -0.2) is 34.9 Å². The minimum Gasteiger partial charge on any atom is -0.497 e. The summed E-state index contributed by atoms with van der Waals surface area (Å²) in [4.78, 5) is 29.5. The first-order valence-electron chi connectivity index (χ1n) is 8.37. The minimum atomic E-state index is -0.405. The van der Waals surface area contributed by atoms with Gasteiger partial charge < -0.3 is 14.8 Å². The predicted octanol–water partition coefficient (Wildman–Crippen LogP) is 2.66. The fourth-order valence-electron chi connectivity index (χ4n) is 2.84. The van der Waals surface area contributed by atoms with Gasteiger partial charge in [-0.2, -0.15) is 0 Å². The van der Waals surface area contributed by atoms with E-state index in [0.717, 1.165) is 14.9 Å². The first-order chi connectivity index (χ1) is 13.6. The number of anilines is 1. The molecule has 0 saturated heterocycles. The molecule has 0 saturated carbocycles. The maximum absolute atomic E-state index is 12.6. The summed E-state index contributed by atoms with van der Waals surface area (Å²) in [6.07, 6.45) is 0. The smallest absolute Gasteiger partial charge is 0.275 e. The summed E-state index contributed by atoms with van der Waals surface area (Å²) in [5, 5.41) is 8.35. The Morgan fingerprint density at radius 2 is 1.93 bits per heavy atom. The quantitative estimate of drug-likeness (QED) is 0.557. The third-order valence-corrected chi connectivity index (χ3v) is 5.11. The topological polar surface area (TPSA) is 95.3 Å². The van der Waals surface area contributed by atoms with Crippen LogP contribution in [0.1, 0.15) is 0 Å². The first-order valence-corrected chi connectivity index (χ1v) is 9.19. The van der Waals surface area contributed by atoms with Gasteiger partial charge in [-0.25, -0.2) is 9.67 Å². The third kappa shape index (κ3) is 3.27. The van der Waals surface area contributed by atoms with Gasteiger partial charge in [0.1, 0.15) is 12.3 Å². The molecule has 0 spiro atoms. The molecule has 0 radical (unpaired) electrons. The lowest BCUT2D eigenvalue weighted by Crippen LogP contribution is -2.30. The molecule has 8 nitrogen and oxygen atoms in total. The van der Waals surface area contributed by atoms with Crippen LogP contribution in [0.5, 0.6) is 11.6 Å². The average Bonchev–Trinajstić information content (AvgIpc) is 3.11. The van der Waals surface area contributed by atoms with Crippen LogP contribution in [0.3, 0.4) is 0 Å². The Morgan fingerprint density at radius 3 is 2.68 bits per heavy atom. The number of rotatable bonds is 5. The summed E-state index contributed by atoms with van der Waals surface area (Å²) < 4.78 is 12.4. The van der Waals surface area contributed by atoms with E-state index in [4.69, 9.17) is 9.47 Å². The molecule has 0 atom stereocenters. The maximum Gasteiger partial charge on any atom is 0.275 e. The molecule has 28 heavy (non-hydrogen) atoms. The number of thiazole rings is 1. The lowest BCUT2D eigenvalue weighted by Gasteiger charge is -2.09. The van der Waals surface area contributed by atoms with E-state index in [9.17, 15) is 9.59 Å². The number of hydrogen-bond acceptors (Lipinski definition) is 7. The van der Waals surface area contributed by atoms with E-state index in [-0.39, 0.29) is 18.0 Å². The van der Waals surface area contributed by atoms with E-state index in [1.807, 2.05) is 12.1 Å². The Labute approximate surface area is 163 Å². The first kappa shape index (κ1) is 17.9.